The Morgan fingerprint density at radius 1 is 0.955 bits per heavy atom. The summed E-state index contributed by atoms with van der Waals surface area (Å²) in [6.07, 6.45) is 0. The zero-order chi connectivity index (χ0) is 16.3. The standard InChI is InChI=1S/C15H13NO6/c1-21-9-3-4-10(13(7-9)22-2)8-5-11(14(17)18)16-12(6-8)15(19)20/h3-7H,1-2H3,(H,17,18)(H,19,20). The van der Waals surface area contributed by atoms with Crippen molar-refractivity contribution in [3.63, 3.8) is 0 Å². The maximum Gasteiger partial charge on any atom is 0.354 e. The van der Waals surface area contributed by atoms with E-state index in [4.69, 9.17) is 19.7 Å². The van der Waals surface area contributed by atoms with Crippen LogP contribution in [0.25, 0.3) is 11.1 Å². The molecular weight excluding hydrogens is 290 g/mol. The normalized spacial score (nSPS) is 10.1. The van der Waals surface area contributed by atoms with Crippen molar-refractivity contribution in [1.82, 2.24) is 4.98 Å². The monoisotopic (exact) mass is 303 g/mol. The summed E-state index contributed by atoms with van der Waals surface area (Å²) < 4.78 is 10.3. The largest absolute Gasteiger partial charge is 0.497 e. The first kappa shape index (κ1) is 15.3. The molecule has 0 aliphatic heterocycles. The molecule has 0 amide bonds. The zero-order valence-electron chi connectivity index (χ0n) is 11.9. The average molecular weight is 303 g/mol. The summed E-state index contributed by atoms with van der Waals surface area (Å²) in [5.41, 5.74) is 0.209. The van der Waals surface area contributed by atoms with E-state index in [0.29, 0.717) is 22.6 Å². The molecule has 0 atom stereocenters. The Hall–Kier alpha value is -3.09. The summed E-state index contributed by atoms with van der Waals surface area (Å²) in [5.74, 6) is -1.63. The third-order valence-electron chi connectivity index (χ3n) is 2.98. The molecule has 0 unspecified atom stereocenters. The predicted molar refractivity (Wildman–Crippen MR) is 76.7 cm³/mol. The van der Waals surface area contributed by atoms with Crippen LogP contribution < -0.4 is 9.47 Å². The van der Waals surface area contributed by atoms with Gasteiger partial charge in [0, 0.05) is 11.6 Å². The second kappa shape index (κ2) is 6.13. The maximum absolute atomic E-state index is 11.1. The molecule has 2 aromatic rings. The fourth-order valence-corrected chi connectivity index (χ4v) is 1.94. The van der Waals surface area contributed by atoms with Gasteiger partial charge in [0.1, 0.15) is 22.9 Å². The Labute approximate surface area is 125 Å². The minimum atomic E-state index is -1.31. The minimum Gasteiger partial charge on any atom is -0.497 e. The molecule has 114 valence electrons. The number of aromatic carboxylic acids is 2. The summed E-state index contributed by atoms with van der Waals surface area (Å²) in [6.45, 7) is 0. The van der Waals surface area contributed by atoms with Crippen LogP contribution in [0.5, 0.6) is 11.5 Å². The van der Waals surface area contributed by atoms with E-state index in [1.165, 1.54) is 26.4 Å². The summed E-state index contributed by atoms with van der Waals surface area (Å²) in [4.78, 5) is 25.8. The number of carboxylic acids is 2. The lowest BCUT2D eigenvalue weighted by atomic mass is 10.0. The molecule has 0 aliphatic carbocycles. The molecule has 1 aromatic carbocycles. The molecule has 2 N–H and O–H groups in total. The molecule has 0 saturated heterocycles. The second-order valence-electron chi connectivity index (χ2n) is 4.30. The minimum absolute atomic E-state index is 0.354. The number of benzene rings is 1. The van der Waals surface area contributed by atoms with Crippen LogP contribution in [0.15, 0.2) is 30.3 Å². The van der Waals surface area contributed by atoms with E-state index in [1.807, 2.05) is 0 Å². The number of aromatic nitrogens is 1. The van der Waals surface area contributed by atoms with E-state index in [2.05, 4.69) is 4.98 Å². The number of rotatable bonds is 5. The number of ether oxygens (including phenoxy) is 2. The third kappa shape index (κ3) is 2.98. The smallest absolute Gasteiger partial charge is 0.354 e. The highest BCUT2D eigenvalue weighted by Crippen LogP contribution is 2.33. The Bertz CT molecular complexity index is 709. The van der Waals surface area contributed by atoms with Crippen molar-refractivity contribution in [3.05, 3.63) is 41.7 Å². The first-order valence-electron chi connectivity index (χ1n) is 6.17. The lowest BCUT2D eigenvalue weighted by Crippen LogP contribution is -2.08. The molecule has 7 nitrogen and oxygen atoms in total. The molecular formula is C15H13NO6. The Morgan fingerprint density at radius 2 is 1.55 bits per heavy atom. The van der Waals surface area contributed by atoms with Crippen molar-refractivity contribution >= 4 is 11.9 Å². The second-order valence-corrected chi connectivity index (χ2v) is 4.30. The topological polar surface area (TPSA) is 106 Å². The summed E-state index contributed by atoms with van der Waals surface area (Å²) >= 11 is 0. The van der Waals surface area contributed by atoms with Gasteiger partial charge in [-0.05, 0) is 29.8 Å². The molecule has 7 heteroatoms. The third-order valence-corrected chi connectivity index (χ3v) is 2.98. The van der Waals surface area contributed by atoms with Gasteiger partial charge in [-0.3, -0.25) is 0 Å². The predicted octanol–water partition coefficient (Wildman–Crippen LogP) is 2.16. The van der Waals surface area contributed by atoms with E-state index in [-0.39, 0.29) is 11.4 Å². The number of carbonyl (C=O) groups is 2. The van der Waals surface area contributed by atoms with Crippen LogP contribution in [0.2, 0.25) is 0 Å². The summed E-state index contributed by atoms with van der Waals surface area (Å²) in [5, 5.41) is 18.1. The quantitative estimate of drug-likeness (QED) is 0.871. The van der Waals surface area contributed by atoms with Crippen molar-refractivity contribution in [1.29, 1.82) is 0 Å². The molecule has 0 spiro atoms. The van der Waals surface area contributed by atoms with Crippen molar-refractivity contribution < 1.29 is 29.3 Å². The lowest BCUT2D eigenvalue weighted by Gasteiger charge is -2.11. The number of carboxylic acid groups (broad SMARTS) is 2. The number of pyridine rings is 1. The van der Waals surface area contributed by atoms with Crippen molar-refractivity contribution in [3.8, 4) is 22.6 Å². The van der Waals surface area contributed by atoms with E-state index in [0.717, 1.165) is 0 Å². The van der Waals surface area contributed by atoms with Crippen LogP contribution in [-0.4, -0.2) is 41.4 Å². The Morgan fingerprint density at radius 3 is 2.00 bits per heavy atom. The van der Waals surface area contributed by atoms with Crippen LogP contribution in [0.3, 0.4) is 0 Å². The zero-order valence-corrected chi connectivity index (χ0v) is 11.9. The fraction of sp³-hybridized carbons (Fsp3) is 0.133. The summed E-state index contributed by atoms with van der Waals surface area (Å²) in [6, 6.07) is 7.53. The molecule has 0 bridgehead atoms. The van der Waals surface area contributed by atoms with E-state index in [9.17, 15) is 9.59 Å². The van der Waals surface area contributed by atoms with Gasteiger partial charge in [-0.2, -0.15) is 0 Å². The van der Waals surface area contributed by atoms with E-state index < -0.39 is 11.9 Å². The van der Waals surface area contributed by atoms with E-state index in [1.54, 1.807) is 18.2 Å². The lowest BCUT2D eigenvalue weighted by molar-refractivity contribution is 0.0685. The highest BCUT2D eigenvalue weighted by molar-refractivity contribution is 5.93. The maximum atomic E-state index is 11.1. The van der Waals surface area contributed by atoms with Crippen LogP contribution in [0.4, 0.5) is 0 Å². The number of hydrogen-bond acceptors (Lipinski definition) is 5. The molecule has 0 fully saturated rings. The number of methoxy groups -OCH3 is 2. The first-order valence-corrected chi connectivity index (χ1v) is 6.17. The summed E-state index contributed by atoms with van der Waals surface area (Å²) in [7, 11) is 2.96. The molecule has 0 saturated carbocycles. The Kier molecular flexibility index (Phi) is 4.26. The van der Waals surface area contributed by atoms with Crippen LogP contribution in [0, 0.1) is 0 Å². The molecule has 1 heterocycles. The number of hydrogen-bond donors (Lipinski definition) is 2. The van der Waals surface area contributed by atoms with E-state index >= 15 is 0 Å². The van der Waals surface area contributed by atoms with Crippen LogP contribution in [0.1, 0.15) is 21.0 Å². The average Bonchev–Trinajstić information content (AvgIpc) is 2.53. The van der Waals surface area contributed by atoms with Crippen molar-refractivity contribution in [2.45, 2.75) is 0 Å². The van der Waals surface area contributed by atoms with Gasteiger partial charge in [-0.25, -0.2) is 14.6 Å². The van der Waals surface area contributed by atoms with Gasteiger partial charge >= 0.3 is 11.9 Å². The van der Waals surface area contributed by atoms with Gasteiger partial charge in [-0.1, -0.05) is 0 Å². The Balaban J connectivity index is 2.65. The first-order chi connectivity index (χ1) is 10.5. The highest BCUT2D eigenvalue weighted by atomic mass is 16.5. The molecule has 1 aromatic heterocycles. The number of nitrogens with zero attached hydrogens (tertiary/aromatic N) is 1. The van der Waals surface area contributed by atoms with Gasteiger partial charge in [0.05, 0.1) is 14.2 Å². The van der Waals surface area contributed by atoms with Crippen molar-refractivity contribution in [2.24, 2.45) is 0 Å². The molecule has 2 rings (SSSR count). The fourth-order valence-electron chi connectivity index (χ4n) is 1.94. The van der Waals surface area contributed by atoms with Gasteiger partial charge in [0.2, 0.25) is 0 Å². The van der Waals surface area contributed by atoms with Crippen molar-refractivity contribution in [2.75, 3.05) is 14.2 Å². The van der Waals surface area contributed by atoms with Gasteiger partial charge in [-0.15, -0.1) is 0 Å². The molecule has 0 radical (unpaired) electrons. The van der Waals surface area contributed by atoms with Gasteiger partial charge in [0.25, 0.3) is 0 Å². The highest BCUT2D eigenvalue weighted by Gasteiger charge is 2.16. The van der Waals surface area contributed by atoms with Crippen LogP contribution >= 0.6 is 0 Å². The van der Waals surface area contributed by atoms with Gasteiger partial charge in [0.15, 0.2) is 0 Å². The van der Waals surface area contributed by atoms with Gasteiger partial charge < -0.3 is 19.7 Å². The molecule has 22 heavy (non-hydrogen) atoms. The van der Waals surface area contributed by atoms with Crippen LogP contribution in [-0.2, 0) is 0 Å². The SMILES string of the molecule is COc1ccc(-c2cc(C(=O)O)nc(C(=O)O)c2)c(OC)c1. The molecule has 0 aliphatic rings.